The number of rotatable bonds is 4. The fraction of sp³-hybridized carbons (Fsp3) is 0.409. The van der Waals surface area contributed by atoms with Crippen LogP contribution in [0.5, 0.6) is 0 Å². The van der Waals surface area contributed by atoms with Crippen LogP contribution in [0.1, 0.15) is 23.5 Å². The molecule has 146 valence electrons. The Balaban J connectivity index is 0.00000261. The first kappa shape index (κ1) is 21.3. The lowest BCUT2D eigenvalue weighted by atomic mass is 9.90. The number of urea groups is 1. The Morgan fingerprint density at radius 2 is 1.67 bits per heavy atom. The molecule has 1 heterocycles. The van der Waals surface area contributed by atoms with E-state index in [1.165, 1.54) is 11.1 Å². The molecule has 0 spiro atoms. The number of carbonyl (C=O) groups excluding carboxylic acids is 1. The lowest BCUT2D eigenvalue weighted by molar-refractivity contribution is 0.210. The van der Waals surface area contributed by atoms with E-state index in [1.54, 1.807) is 0 Å². The normalized spacial score (nSPS) is 16.3. The second-order valence-electron chi connectivity index (χ2n) is 7.39. The van der Waals surface area contributed by atoms with E-state index in [0.29, 0.717) is 5.92 Å². The molecular formula is C22H30ClN3O. The molecule has 2 amide bonds. The molecule has 2 aromatic carbocycles. The first-order valence-electron chi connectivity index (χ1n) is 9.36. The summed E-state index contributed by atoms with van der Waals surface area (Å²) in [6.07, 6.45) is 1.96. The van der Waals surface area contributed by atoms with Gasteiger partial charge in [-0.1, -0.05) is 48.5 Å². The van der Waals surface area contributed by atoms with Crippen LogP contribution < -0.4 is 4.90 Å². The molecule has 1 atom stereocenters. The van der Waals surface area contributed by atoms with E-state index in [0.717, 1.165) is 38.2 Å². The van der Waals surface area contributed by atoms with Crippen LogP contribution in [0.25, 0.3) is 0 Å². The fourth-order valence-corrected chi connectivity index (χ4v) is 3.58. The number of amides is 2. The summed E-state index contributed by atoms with van der Waals surface area (Å²) in [4.78, 5) is 19.0. The monoisotopic (exact) mass is 387 g/mol. The number of likely N-dealkylation sites (N-methyl/N-ethyl adjacent to an activating group) is 2. The summed E-state index contributed by atoms with van der Waals surface area (Å²) < 4.78 is 0. The summed E-state index contributed by atoms with van der Waals surface area (Å²) in [5.74, 6) is 0.447. The van der Waals surface area contributed by atoms with Crippen LogP contribution >= 0.6 is 12.4 Å². The van der Waals surface area contributed by atoms with Gasteiger partial charge < -0.3 is 9.80 Å². The van der Waals surface area contributed by atoms with Crippen molar-refractivity contribution in [3.63, 3.8) is 0 Å². The van der Waals surface area contributed by atoms with Crippen molar-refractivity contribution in [1.29, 1.82) is 0 Å². The highest BCUT2D eigenvalue weighted by molar-refractivity contribution is 5.93. The van der Waals surface area contributed by atoms with Crippen LogP contribution in [0.3, 0.4) is 0 Å². The lowest BCUT2D eigenvalue weighted by Crippen LogP contribution is -2.44. The van der Waals surface area contributed by atoms with Crippen LogP contribution in [-0.2, 0) is 6.42 Å². The minimum absolute atomic E-state index is 0. The minimum atomic E-state index is 0. The predicted molar refractivity (Wildman–Crippen MR) is 115 cm³/mol. The quantitative estimate of drug-likeness (QED) is 0.783. The van der Waals surface area contributed by atoms with Crippen molar-refractivity contribution in [2.45, 2.75) is 18.8 Å². The number of para-hydroxylation sites is 1. The van der Waals surface area contributed by atoms with Gasteiger partial charge in [-0.15, -0.1) is 12.4 Å². The van der Waals surface area contributed by atoms with Crippen molar-refractivity contribution in [2.24, 2.45) is 0 Å². The van der Waals surface area contributed by atoms with E-state index in [4.69, 9.17) is 0 Å². The maximum absolute atomic E-state index is 13.1. The van der Waals surface area contributed by atoms with Crippen LogP contribution in [0.2, 0.25) is 0 Å². The summed E-state index contributed by atoms with van der Waals surface area (Å²) in [7, 11) is 5.96. The zero-order valence-electron chi connectivity index (χ0n) is 16.5. The molecule has 0 bridgehead atoms. The third-order valence-electron chi connectivity index (χ3n) is 5.16. The average Bonchev–Trinajstić information content (AvgIpc) is 2.86. The van der Waals surface area contributed by atoms with Gasteiger partial charge in [0.1, 0.15) is 0 Å². The van der Waals surface area contributed by atoms with E-state index in [9.17, 15) is 4.79 Å². The van der Waals surface area contributed by atoms with Crippen molar-refractivity contribution >= 4 is 24.1 Å². The van der Waals surface area contributed by atoms with Gasteiger partial charge >= 0.3 is 6.03 Å². The Morgan fingerprint density at radius 1 is 1.00 bits per heavy atom. The Morgan fingerprint density at radius 3 is 2.37 bits per heavy atom. The molecule has 3 rings (SSSR count). The summed E-state index contributed by atoms with van der Waals surface area (Å²) >= 11 is 0. The zero-order chi connectivity index (χ0) is 18.5. The molecule has 4 nitrogen and oxygen atoms in total. The third-order valence-corrected chi connectivity index (χ3v) is 5.16. The van der Waals surface area contributed by atoms with Gasteiger partial charge in [-0.2, -0.15) is 0 Å². The van der Waals surface area contributed by atoms with E-state index in [1.807, 2.05) is 37.0 Å². The van der Waals surface area contributed by atoms with E-state index in [2.05, 4.69) is 53.4 Å². The van der Waals surface area contributed by atoms with Gasteiger partial charge in [0.15, 0.2) is 0 Å². The molecule has 1 unspecified atom stereocenters. The van der Waals surface area contributed by atoms with Gasteiger partial charge in [-0.3, -0.25) is 4.90 Å². The van der Waals surface area contributed by atoms with Crippen LogP contribution in [0, 0.1) is 0 Å². The number of benzene rings is 2. The third kappa shape index (κ3) is 5.24. The van der Waals surface area contributed by atoms with Crippen LogP contribution in [0.15, 0.2) is 54.6 Å². The molecule has 0 saturated heterocycles. The molecule has 0 radical (unpaired) electrons. The van der Waals surface area contributed by atoms with Gasteiger partial charge in [0.25, 0.3) is 0 Å². The van der Waals surface area contributed by atoms with Gasteiger partial charge in [-0.25, -0.2) is 4.79 Å². The van der Waals surface area contributed by atoms with Crippen molar-refractivity contribution < 1.29 is 4.79 Å². The number of fused-ring (bicyclic) bond motifs is 1. The Kier molecular flexibility index (Phi) is 7.69. The number of hydrogen-bond acceptors (Lipinski definition) is 2. The largest absolute Gasteiger partial charge is 0.326 e. The van der Waals surface area contributed by atoms with Crippen molar-refractivity contribution in [3.8, 4) is 0 Å². The average molecular weight is 388 g/mol. The number of nitrogens with zero attached hydrogens (tertiary/aromatic N) is 3. The summed E-state index contributed by atoms with van der Waals surface area (Å²) in [5.41, 5.74) is 3.68. The molecule has 0 aliphatic carbocycles. The first-order chi connectivity index (χ1) is 12.6. The molecule has 5 heteroatoms. The van der Waals surface area contributed by atoms with Gasteiger partial charge in [0, 0.05) is 32.4 Å². The molecule has 2 aromatic rings. The van der Waals surface area contributed by atoms with Crippen molar-refractivity contribution in [3.05, 3.63) is 65.7 Å². The molecule has 0 N–H and O–H groups in total. The molecule has 0 fully saturated rings. The molecule has 0 saturated carbocycles. The van der Waals surface area contributed by atoms with Crippen LogP contribution in [-0.4, -0.2) is 56.6 Å². The number of anilines is 1. The van der Waals surface area contributed by atoms with Gasteiger partial charge in [-0.05, 0) is 50.0 Å². The molecule has 1 aliphatic heterocycles. The number of hydrogen-bond donors (Lipinski definition) is 0. The summed E-state index contributed by atoms with van der Waals surface area (Å²) in [6.45, 7) is 2.35. The second-order valence-corrected chi connectivity index (χ2v) is 7.39. The minimum Gasteiger partial charge on any atom is -0.326 e. The Labute approximate surface area is 169 Å². The highest BCUT2D eigenvalue weighted by atomic mass is 35.5. The summed E-state index contributed by atoms with van der Waals surface area (Å²) in [5, 5.41) is 0. The van der Waals surface area contributed by atoms with Gasteiger partial charge in [0.05, 0.1) is 0 Å². The maximum Gasteiger partial charge on any atom is 0.324 e. The first-order valence-corrected chi connectivity index (χ1v) is 9.36. The molecular weight excluding hydrogens is 358 g/mol. The predicted octanol–water partition coefficient (Wildman–Crippen LogP) is 4.26. The lowest BCUT2D eigenvalue weighted by Gasteiger charge is -2.29. The number of carbonyl (C=O) groups is 1. The van der Waals surface area contributed by atoms with Crippen molar-refractivity contribution in [1.82, 2.24) is 9.80 Å². The van der Waals surface area contributed by atoms with E-state index in [-0.39, 0.29) is 18.4 Å². The fourth-order valence-electron chi connectivity index (χ4n) is 3.58. The van der Waals surface area contributed by atoms with E-state index < -0.39 is 0 Å². The highest BCUT2D eigenvalue weighted by Crippen LogP contribution is 2.34. The number of halogens is 1. The highest BCUT2D eigenvalue weighted by Gasteiger charge is 2.27. The van der Waals surface area contributed by atoms with Gasteiger partial charge in [0.2, 0.25) is 0 Å². The summed E-state index contributed by atoms with van der Waals surface area (Å²) in [6, 6.07) is 19.1. The maximum atomic E-state index is 13.1. The standard InChI is InChI=1S/C22H29N3O.ClH/c1-23(2)15-16-24(3)22(26)25-14-13-19(18-9-5-4-6-10-18)17-20-11-7-8-12-21(20)25;/h4-12,19H,13-17H2,1-3H3;1H. The SMILES string of the molecule is CN(C)CCN(C)C(=O)N1CCC(c2ccccc2)Cc2ccccc21.Cl. The zero-order valence-corrected chi connectivity index (χ0v) is 17.3. The topological polar surface area (TPSA) is 26.8 Å². The molecule has 1 aliphatic rings. The smallest absolute Gasteiger partial charge is 0.324 e. The second kappa shape index (κ2) is 9.77. The van der Waals surface area contributed by atoms with E-state index >= 15 is 0 Å². The van der Waals surface area contributed by atoms with Crippen LogP contribution in [0.4, 0.5) is 10.5 Å². The molecule has 27 heavy (non-hydrogen) atoms. The van der Waals surface area contributed by atoms with Crippen molar-refractivity contribution in [2.75, 3.05) is 45.7 Å². The Bertz CT molecular complexity index is 735. The molecule has 0 aromatic heterocycles. The Hall–Kier alpha value is -2.04.